The van der Waals surface area contributed by atoms with Crippen molar-refractivity contribution in [2.75, 3.05) is 13.7 Å². The first-order valence-corrected chi connectivity index (χ1v) is 9.70. The highest BCUT2D eigenvalue weighted by molar-refractivity contribution is 6.30. The standard InChI is InChI=1S/C20H21ClN6O3/c1-12(28)10-26-11-16(18(25-26)14-8-13(21)4-5-17(14)30-2)24-20(29)15-9-23-27-7-3-6-22-19(15)27/h3-9,11-12,18,25,28H,10H2,1-2H3,(H,24,29). The number of carbonyl (C=O) groups is 1. The molecule has 0 bridgehead atoms. The predicted octanol–water partition coefficient (Wildman–Crippen LogP) is 1.90. The van der Waals surface area contributed by atoms with Gasteiger partial charge in [-0.25, -0.2) is 14.9 Å². The summed E-state index contributed by atoms with van der Waals surface area (Å²) in [5, 5.41) is 19.2. The first-order valence-electron chi connectivity index (χ1n) is 9.32. The lowest BCUT2D eigenvalue weighted by atomic mass is 10.0. The molecule has 1 aromatic carbocycles. The van der Waals surface area contributed by atoms with E-state index in [4.69, 9.17) is 16.3 Å². The molecule has 0 saturated heterocycles. The van der Waals surface area contributed by atoms with Crippen molar-refractivity contribution in [2.45, 2.75) is 19.1 Å². The van der Waals surface area contributed by atoms with Crippen molar-refractivity contribution in [3.8, 4) is 5.75 Å². The van der Waals surface area contributed by atoms with Gasteiger partial charge in [-0.3, -0.25) is 4.79 Å². The molecule has 1 aliphatic heterocycles. The Bertz CT molecular complexity index is 1110. The van der Waals surface area contributed by atoms with Gasteiger partial charge in [-0.1, -0.05) is 11.6 Å². The average Bonchev–Trinajstić information content (AvgIpc) is 3.31. The van der Waals surface area contributed by atoms with Crippen molar-refractivity contribution in [3.05, 3.63) is 70.9 Å². The van der Waals surface area contributed by atoms with Crippen LogP contribution in [0.25, 0.3) is 5.65 Å². The Morgan fingerprint density at radius 1 is 1.47 bits per heavy atom. The first-order chi connectivity index (χ1) is 14.5. The van der Waals surface area contributed by atoms with E-state index in [0.29, 0.717) is 34.2 Å². The van der Waals surface area contributed by atoms with Crippen LogP contribution in [0.15, 0.2) is 54.8 Å². The molecule has 2 unspecified atom stereocenters. The Morgan fingerprint density at radius 3 is 3.07 bits per heavy atom. The molecule has 2 atom stereocenters. The van der Waals surface area contributed by atoms with Crippen LogP contribution < -0.4 is 15.5 Å². The molecule has 0 spiro atoms. The van der Waals surface area contributed by atoms with Crippen molar-refractivity contribution >= 4 is 23.2 Å². The highest BCUT2D eigenvalue weighted by atomic mass is 35.5. The summed E-state index contributed by atoms with van der Waals surface area (Å²) in [4.78, 5) is 17.2. The number of benzene rings is 1. The highest BCUT2D eigenvalue weighted by Gasteiger charge is 2.30. The van der Waals surface area contributed by atoms with Gasteiger partial charge in [0, 0.05) is 29.2 Å². The van der Waals surface area contributed by atoms with Gasteiger partial charge >= 0.3 is 0 Å². The van der Waals surface area contributed by atoms with Crippen molar-refractivity contribution < 1.29 is 14.6 Å². The number of carbonyl (C=O) groups excluding carboxylic acids is 1. The number of aromatic nitrogens is 3. The van der Waals surface area contributed by atoms with E-state index in [-0.39, 0.29) is 5.91 Å². The number of hydrazine groups is 1. The number of fused-ring (bicyclic) bond motifs is 1. The number of halogens is 1. The predicted molar refractivity (Wildman–Crippen MR) is 111 cm³/mol. The maximum absolute atomic E-state index is 13.0. The minimum absolute atomic E-state index is 0.330. The molecule has 10 heteroatoms. The molecule has 30 heavy (non-hydrogen) atoms. The summed E-state index contributed by atoms with van der Waals surface area (Å²) in [7, 11) is 1.57. The summed E-state index contributed by atoms with van der Waals surface area (Å²) >= 11 is 6.21. The number of methoxy groups -OCH3 is 1. The number of amides is 1. The molecule has 9 nitrogen and oxygen atoms in total. The van der Waals surface area contributed by atoms with Crippen LogP contribution in [0.1, 0.15) is 28.9 Å². The Hall–Kier alpha value is -3.14. The fourth-order valence-corrected chi connectivity index (χ4v) is 3.54. The minimum Gasteiger partial charge on any atom is -0.496 e. The molecule has 1 amide bonds. The summed E-state index contributed by atoms with van der Waals surface area (Å²) in [5.41, 5.74) is 5.41. The van der Waals surface area contributed by atoms with E-state index in [1.807, 2.05) is 0 Å². The Kier molecular flexibility index (Phi) is 5.58. The number of nitrogens with zero attached hydrogens (tertiary/aromatic N) is 4. The Morgan fingerprint density at radius 2 is 2.30 bits per heavy atom. The average molecular weight is 429 g/mol. The maximum atomic E-state index is 13.0. The summed E-state index contributed by atoms with van der Waals surface area (Å²) in [6.45, 7) is 2.02. The monoisotopic (exact) mass is 428 g/mol. The first kappa shape index (κ1) is 20.1. The van der Waals surface area contributed by atoms with Crippen LogP contribution in [0, 0.1) is 0 Å². The second-order valence-electron chi connectivity index (χ2n) is 6.93. The van der Waals surface area contributed by atoms with Crippen LogP contribution >= 0.6 is 11.6 Å². The third-order valence-corrected chi connectivity index (χ3v) is 4.88. The van der Waals surface area contributed by atoms with E-state index >= 15 is 0 Å². The Labute approximate surface area is 177 Å². The number of ether oxygens (including phenoxy) is 1. The summed E-state index contributed by atoms with van der Waals surface area (Å²) in [6.07, 6.45) is 5.97. The number of β-amino-alcohol motifs (C(OH)–C–C–N with tert-alkyl or cyclic N) is 1. The lowest BCUT2D eigenvalue weighted by molar-refractivity contribution is 0.0964. The molecule has 0 radical (unpaired) electrons. The largest absolute Gasteiger partial charge is 0.496 e. The third kappa shape index (κ3) is 3.95. The molecule has 3 N–H and O–H groups in total. The number of hydrogen-bond donors (Lipinski definition) is 3. The van der Waals surface area contributed by atoms with Gasteiger partial charge in [0.1, 0.15) is 11.3 Å². The van der Waals surface area contributed by atoms with Gasteiger partial charge in [-0.2, -0.15) is 5.10 Å². The van der Waals surface area contributed by atoms with Gasteiger partial charge in [-0.15, -0.1) is 0 Å². The molecule has 3 aromatic rings. The maximum Gasteiger partial charge on any atom is 0.261 e. The third-order valence-electron chi connectivity index (χ3n) is 4.65. The molecule has 1 aliphatic rings. The summed E-state index contributed by atoms with van der Waals surface area (Å²) in [5.74, 6) is 0.273. The molecule has 0 fully saturated rings. The number of aliphatic hydroxyl groups is 1. The van der Waals surface area contributed by atoms with E-state index in [0.717, 1.165) is 5.56 Å². The highest BCUT2D eigenvalue weighted by Crippen LogP contribution is 2.34. The molecule has 0 aliphatic carbocycles. The van der Waals surface area contributed by atoms with Crippen molar-refractivity contribution in [2.24, 2.45) is 0 Å². The number of rotatable bonds is 6. The molecule has 156 valence electrons. The minimum atomic E-state index is -0.575. The van der Waals surface area contributed by atoms with E-state index in [1.54, 1.807) is 61.9 Å². The van der Waals surface area contributed by atoms with Gasteiger partial charge in [0.05, 0.1) is 37.7 Å². The zero-order chi connectivity index (χ0) is 21.3. The zero-order valence-electron chi connectivity index (χ0n) is 16.4. The number of aliphatic hydroxyl groups excluding tert-OH is 1. The summed E-state index contributed by atoms with van der Waals surface area (Å²) in [6, 6.07) is 6.59. The van der Waals surface area contributed by atoms with Crippen LogP contribution in [0.3, 0.4) is 0 Å². The van der Waals surface area contributed by atoms with E-state index in [1.165, 1.54) is 10.7 Å². The molecular weight excluding hydrogens is 408 g/mol. The zero-order valence-corrected chi connectivity index (χ0v) is 17.2. The van der Waals surface area contributed by atoms with Gasteiger partial charge in [0.2, 0.25) is 0 Å². The fraction of sp³-hybridized carbons (Fsp3) is 0.250. The van der Waals surface area contributed by atoms with Crippen LogP contribution in [-0.4, -0.2) is 50.4 Å². The van der Waals surface area contributed by atoms with Crippen molar-refractivity contribution in [1.82, 2.24) is 30.3 Å². The number of nitrogens with one attached hydrogen (secondary N) is 2. The lowest BCUT2D eigenvalue weighted by Crippen LogP contribution is -2.37. The lowest BCUT2D eigenvalue weighted by Gasteiger charge is -2.23. The topological polar surface area (TPSA) is 104 Å². The second kappa shape index (κ2) is 8.31. The van der Waals surface area contributed by atoms with E-state index in [9.17, 15) is 9.90 Å². The molecular formula is C20H21ClN6O3. The van der Waals surface area contributed by atoms with Crippen molar-refractivity contribution in [1.29, 1.82) is 0 Å². The van der Waals surface area contributed by atoms with Gasteiger partial charge < -0.3 is 20.2 Å². The molecule has 2 aromatic heterocycles. The Balaban J connectivity index is 1.67. The number of hydrogen-bond acceptors (Lipinski definition) is 7. The van der Waals surface area contributed by atoms with Crippen LogP contribution in [0.2, 0.25) is 5.02 Å². The fourth-order valence-electron chi connectivity index (χ4n) is 3.36. The molecule has 3 heterocycles. The van der Waals surface area contributed by atoms with Crippen LogP contribution in [0.4, 0.5) is 0 Å². The van der Waals surface area contributed by atoms with E-state index in [2.05, 4.69) is 20.8 Å². The van der Waals surface area contributed by atoms with Crippen molar-refractivity contribution in [3.63, 3.8) is 0 Å². The summed E-state index contributed by atoms with van der Waals surface area (Å²) < 4.78 is 7.02. The quantitative estimate of drug-likeness (QED) is 0.551. The SMILES string of the molecule is COc1ccc(Cl)cc1C1NN(CC(C)O)C=C1NC(=O)c1cnn2cccnc12. The normalized spacial score (nSPS) is 17.1. The van der Waals surface area contributed by atoms with E-state index < -0.39 is 12.1 Å². The molecule has 0 saturated carbocycles. The van der Waals surface area contributed by atoms with Gasteiger partial charge in [0.15, 0.2) is 5.65 Å². The van der Waals surface area contributed by atoms with Gasteiger partial charge in [0.25, 0.3) is 5.91 Å². The second-order valence-corrected chi connectivity index (χ2v) is 7.37. The smallest absolute Gasteiger partial charge is 0.261 e. The molecule has 4 rings (SSSR count). The van der Waals surface area contributed by atoms with Crippen LogP contribution in [-0.2, 0) is 0 Å². The van der Waals surface area contributed by atoms with Gasteiger partial charge in [-0.05, 0) is 31.2 Å². The van der Waals surface area contributed by atoms with Crippen LogP contribution in [0.5, 0.6) is 5.75 Å².